The zero-order valence-corrected chi connectivity index (χ0v) is 17.9. The lowest BCUT2D eigenvalue weighted by molar-refractivity contribution is -0.139. The van der Waals surface area contributed by atoms with E-state index >= 15 is 0 Å². The molecule has 1 aliphatic rings. The molecule has 0 bridgehead atoms. The van der Waals surface area contributed by atoms with Crippen molar-refractivity contribution in [3.63, 3.8) is 0 Å². The maximum absolute atomic E-state index is 12.5. The quantitative estimate of drug-likeness (QED) is 0.607. The first kappa shape index (κ1) is 20.9. The average molecular weight is 440 g/mol. The van der Waals surface area contributed by atoms with Crippen molar-refractivity contribution in [3.8, 4) is 11.1 Å². The monoisotopic (exact) mass is 439 g/mol. The highest BCUT2D eigenvalue weighted by Crippen LogP contribution is 2.44. The van der Waals surface area contributed by atoms with Gasteiger partial charge in [0.1, 0.15) is 12.6 Å². The van der Waals surface area contributed by atoms with E-state index < -0.39 is 18.1 Å². The molecule has 0 saturated carbocycles. The molecule has 0 aliphatic heterocycles. The molecule has 7 nitrogen and oxygen atoms in total. The number of ether oxygens (including phenoxy) is 1. The number of carbonyl (C=O) groups is 2. The maximum Gasteiger partial charge on any atom is 0.407 e. The first-order chi connectivity index (χ1) is 14.9. The fraction of sp³-hybridized carbons (Fsp3) is 0.261. The van der Waals surface area contributed by atoms with Gasteiger partial charge in [0.2, 0.25) is 0 Å². The molecule has 0 spiro atoms. The van der Waals surface area contributed by atoms with Crippen molar-refractivity contribution in [2.24, 2.45) is 7.05 Å². The van der Waals surface area contributed by atoms with E-state index in [1.165, 1.54) is 4.68 Å². The van der Waals surface area contributed by atoms with Crippen LogP contribution in [0, 0.1) is 6.92 Å². The summed E-state index contributed by atoms with van der Waals surface area (Å²) in [6.45, 7) is 1.85. The Morgan fingerprint density at radius 2 is 1.74 bits per heavy atom. The minimum atomic E-state index is -1.19. The Morgan fingerprint density at radius 3 is 2.26 bits per heavy atom. The number of aliphatic carboxylic acids is 1. The van der Waals surface area contributed by atoms with Crippen molar-refractivity contribution in [1.29, 1.82) is 0 Å². The standard InChI is InChI=1S/C23H22ClN3O4/c1-13-21(24)20(27(2)26-13)11-19(22(28)29)25-23(30)31-12-18-16-9-5-3-7-14(16)15-8-4-6-10-17(15)18/h3-10,18-19H,11-12H2,1-2H3,(H,25,30)(H,28,29). The largest absolute Gasteiger partial charge is 0.480 e. The van der Waals surface area contributed by atoms with Crippen molar-refractivity contribution >= 4 is 23.7 Å². The van der Waals surface area contributed by atoms with Crippen molar-refractivity contribution in [2.45, 2.75) is 25.3 Å². The molecule has 0 saturated heterocycles. The lowest BCUT2D eigenvalue weighted by Crippen LogP contribution is -2.43. The van der Waals surface area contributed by atoms with Gasteiger partial charge in [-0.25, -0.2) is 9.59 Å². The van der Waals surface area contributed by atoms with Gasteiger partial charge in [-0.3, -0.25) is 4.68 Å². The number of rotatable bonds is 6. The molecule has 8 heteroatoms. The highest BCUT2D eigenvalue weighted by Gasteiger charge is 2.30. The van der Waals surface area contributed by atoms with Gasteiger partial charge in [0, 0.05) is 19.4 Å². The maximum atomic E-state index is 12.5. The van der Waals surface area contributed by atoms with Gasteiger partial charge in [-0.15, -0.1) is 0 Å². The van der Waals surface area contributed by atoms with Crippen LogP contribution in [0.3, 0.4) is 0 Å². The Kier molecular flexibility index (Phi) is 5.69. The van der Waals surface area contributed by atoms with Crippen LogP contribution < -0.4 is 5.32 Å². The van der Waals surface area contributed by atoms with Crippen molar-refractivity contribution in [1.82, 2.24) is 15.1 Å². The van der Waals surface area contributed by atoms with Gasteiger partial charge in [-0.05, 0) is 29.2 Å². The van der Waals surface area contributed by atoms with Crippen LogP contribution in [0.2, 0.25) is 5.02 Å². The van der Waals surface area contributed by atoms with E-state index in [9.17, 15) is 14.7 Å². The van der Waals surface area contributed by atoms with Gasteiger partial charge in [-0.1, -0.05) is 60.1 Å². The molecule has 0 radical (unpaired) electrons. The second-order valence-electron chi connectivity index (χ2n) is 7.53. The van der Waals surface area contributed by atoms with E-state index in [4.69, 9.17) is 16.3 Å². The van der Waals surface area contributed by atoms with Crippen LogP contribution in [0.25, 0.3) is 11.1 Å². The highest BCUT2D eigenvalue weighted by atomic mass is 35.5. The molecule has 2 N–H and O–H groups in total. The van der Waals surface area contributed by atoms with Crippen LogP contribution in [0.15, 0.2) is 48.5 Å². The summed E-state index contributed by atoms with van der Waals surface area (Å²) < 4.78 is 6.98. The summed E-state index contributed by atoms with van der Waals surface area (Å²) in [5.74, 6) is -1.28. The van der Waals surface area contributed by atoms with E-state index in [0.29, 0.717) is 16.4 Å². The zero-order valence-electron chi connectivity index (χ0n) is 17.1. The number of halogens is 1. The summed E-state index contributed by atoms with van der Waals surface area (Å²) in [5.41, 5.74) is 5.55. The van der Waals surface area contributed by atoms with Gasteiger partial charge in [0.25, 0.3) is 0 Å². The van der Waals surface area contributed by atoms with Crippen molar-refractivity contribution < 1.29 is 19.4 Å². The summed E-state index contributed by atoms with van der Waals surface area (Å²) in [6, 6.07) is 14.8. The lowest BCUT2D eigenvalue weighted by Gasteiger charge is -2.17. The number of carbonyl (C=O) groups excluding carboxylic acids is 1. The molecule has 160 valence electrons. The number of nitrogens with zero attached hydrogens (tertiary/aromatic N) is 2. The third-order valence-electron chi connectivity index (χ3n) is 5.59. The molecule has 1 amide bonds. The average Bonchev–Trinajstić information content (AvgIpc) is 3.20. The van der Waals surface area contributed by atoms with Crippen molar-refractivity contribution in [3.05, 3.63) is 76.1 Å². The molecule has 2 aromatic carbocycles. The fourth-order valence-corrected chi connectivity index (χ4v) is 4.31. The number of carboxylic acid groups (broad SMARTS) is 1. The molecule has 1 aliphatic carbocycles. The summed E-state index contributed by atoms with van der Waals surface area (Å²) >= 11 is 6.22. The van der Waals surface area contributed by atoms with Gasteiger partial charge in [-0.2, -0.15) is 5.10 Å². The molecule has 1 aromatic heterocycles. The van der Waals surface area contributed by atoms with Crippen LogP contribution in [-0.4, -0.2) is 39.6 Å². The van der Waals surface area contributed by atoms with Crippen LogP contribution in [-0.2, 0) is 23.0 Å². The second-order valence-corrected chi connectivity index (χ2v) is 7.91. The molecule has 1 atom stereocenters. The Labute approximate surface area is 184 Å². The lowest BCUT2D eigenvalue weighted by atomic mass is 9.98. The number of hydrogen-bond acceptors (Lipinski definition) is 4. The van der Waals surface area contributed by atoms with Crippen LogP contribution in [0.1, 0.15) is 28.4 Å². The topological polar surface area (TPSA) is 93.5 Å². The number of nitrogens with one attached hydrogen (secondary N) is 1. The molecule has 1 heterocycles. The molecule has 3 aromatic rings. The highest BCUT2D eigenvalue weighted by molar-refractivity contribution is 6.31. The Balaban J connectivity index is 1.45. The number of alkyl carbamates (subject to hydrolysis) is 1. The van der Waals surface area contributed by atoms with E-state index in [1.807, 2.05) is 48.5 Å². The molecular formula is C23H22ClN3O4. The van der Waals surface area contributed by atoms with Gasteiger partial charge < -0.3 is 15.2 Å². The van der Waals surface area contributed by atoms with E-state index in [2.05, 4.69) is 10.4 Å². The predicted molar refractivity (Wildman–Crippen MR) is 116 cm³/mol. The van der Waals surface area contributed by atoms with Gasteiger partial charge >= 0.3 is 12.1 Å². The molecular weight excluding hydrogens is 418 g/mol. The molecule has 4 rings (SSSR count). The number of benzene rings is 2. The van der Waals surface area contributed by atoms with E-state index in [-0.39, 0.29) is 18.9 Å². The minimum Gasteiger partial charge on any atom is -0.480 e. The number of fused-ring (bicyclic) bond motifs is 3. The number of amides is 1. The van der Waals surface area contributed by atoms with Gasteiger partial charge in [0.05, 0.1) is 16.4 Å². The number of hydrogen-bond donors (Lipinski definition) is 2. The smallest absolute Gasteiger partial charge is 0.407 e. The second kappa shape index (κ2) is 8.43. The normalized spacial score (nSPS) is 13.4. The van der Waals surface area contributed by atoms with Crippen LogP contribution >= 0.6 is 11.6 Å². The zero-order chi connectivity index (χ0) is 22.1. The van der Waals surface area contributed by atoms with E-state index in [0.717, 1.165) is 22.3 Å². The first-order valence-electron chi connectivity index (χ1n) is 9.89. The first-order valence-corrected chi connectivity index (χ1v) is 10.3. The van der Waals surface area contributed by atoms with Crippen LogP contribution in [0.4, 0.5) is 4.79 Å². The molecule has 31 heavy (non-hydrogen) atoms. The Hall–Kier alpha value is -3.32. The third kappa shape index (κ3) is 4.01. The summed E-state index contributed by atoms with van der Waals surface area (Å²) in [4.78, 5) is 24.2. The Morgan fingerprint density at radius 1 is 1.16 bits per heavy atom. The summed E-state index contributed by atoms with van der Waals surface area (Å²) in [7, 11) is 1.68. The number of aryl methyl sites for hydroxylation is 2. The predicted octanol–water partition coefficient (Wildman–Crippen LogP) is 3.92. The fourth-order valence-electron chi connectivity index (χ4n) is 4.08. The van der Waals surface area contributed by atoms with E-state index in [1.54, 1.807) is 14.0 Å². The third-order valence-corrected chi connectivity index (χ3v) is 6.08. The summed E-state index contributed by atoms with van der Waals surface area (Å²) in [5, 5.41) is 16.6. The molecule has 1 unspecified atom stereocenters. The number of carboxylic acids is 1. The minimum absolute atomic E-state index is 0.00426. The SMILES string of the molecule is Cc1nn(C)c(CC(NC(=O)OCC2c3ccccc3-c3ccccc32)C(=O)O)c1Cl. The Bertz CT molecular complexity index is 1110. The molecule has 0 fully saturated rings. The van der Waals surface area contributed by atoms with Crippen molar-refractivity contribution in [2.75, 3.05) is 6.61 Å². The van der Waals surface area contributed by atoms with Gasteiger partial charge in [0.15, 0.2) is 0 Å². The summed E-state index contributed by atoms with van der Waals surface area (Å²) in [6.07, 6.45) is -0.792. The number of aromatic nitrogens is 2. The van der Waals surface area contributed by atoms with Crippen LogP contribution in [0.5, 0.6) is 0 Å².